The van der Waals surface area contributed by atoms with Gasteiger partial charge in [-0.1, -0.05) is 12.1 Å². The molecule has 2 heterocycles. The number of aryl methyl sites for hydroxylation is 1. The Morgan fingerprint density at radius 2 is 2.00 bits per heavy atom. The number of fused-ring (bicyclic) bond motifs is 1. The molecule has 2 aliphatic heterocycles. The average Bonchev–Trinajstić information content (AvgIpc) is 2.68. The van der Waals surface area contributed by atoms with E-state index in [1.54, 1.807) is 0 Å². The van der Waals surface area contributed by atoms with E-state index in [4.69, 9.17) is 0 Å². The molecule has 3 nitrogen and oxygen atoms in total. The van der Waals surface area contributed by atoms with Gasteiger partial charge in [-0.25, -0.2) is 0 Å². The Bertz CT molecular complexity index is 450. The first kappa shape index (κ1) is 10.8. The number of carbonyl (C=O) groups excluding carboxylic acids is 1. The maximum Gasteiger partial charge on any atom is 0.232 e. The fourth-order valence-electron chi connectivity index (χ4n) is 3.17. The first-order valence-electron chi connectivity index (χ1n) is 6.38. The molecule has 1 aromatic rings. The van der Waals surface area contributed by atoms with Crippen molar-refractivity contribution < 1.29 is 4.79 Å². The van der Waals surface area contributed by atoms with Crippen molar-refractivity contribution in [3.63, 3.8) is 0 Å². The number of nitrogens with one attached hydrogen (secondary N) is 2. The van der Waals surface area contributed by atoms with Gasteiger partial charge >= 0.3 is 0 Å². The lowest BCUT2D eigenvalue weighted by atomic mass is 9.80. The molecule has 0 radical (unpaired) electrons. The molecule has 1 aromatic carbocycles. The summed E-state index contributed by atoms with van der Waals surface area (Å²) in [4.78, 5) is 12.2. The van der Waals surface area contributed by atoms with E-state index in [1.807, 2.05) is 12.1 Å². The molecule has 2 aliphatic rings. The van der Waals surface area contributed by atoms with Crippen molar-refractivity contribution in [1.29, 1.82) is 0 Å². The molecule has 0 aromatic heterocycles. The minimum atomic E-state index is 0.0771. The molecule has 0 saturated carbocycles. The standard InChI is InChI=1S/C14H18N2O/c1-9-3-2-4-11-12(9)13(14(17)16-11)10-5-7-15-8-6-10/h2-4,10,13,15H,5-8H2,1H3,(H,16,17). The van der Waals surface area contributed by atoms with E-state index in [2.05, 4.69) is 23.6 Å². The Morgan fingerprint density at radius 3 is 2.76 bits per heavy atom. The number of hydrogen-bond donors (Lipinski definition) is 2. The van der Waals surface area contributed by atoms with Gasteiger partial charge in [-0.3, -0.25) is 4.79 Å². The van der Waals surface area contributed by atoms with E-state index in [0.717, 1.165) is 31.6 Å². The average molecular weight is 230 g/mol. The number of carbonyl (C=O) groups is 1. The minimum absolute atomic E-state index is 0.0771. The lowest BCUT2D eigenvalue weighted by molar-refractivity contribution is -0.118. The number of benzene rings is 1. The summed E-state index contributed by atoms with van der Waals surface area (Å²) >= 11 is 0. The third-order valence-electron chi connectivity index (χ3n) is 4.03. The number of anilines is 1. The normalized spacial score (nSPS) is 24.5. The van der Waals surface area contributed by atoms with Crippen molar-refractivity contribution in [2.24, 2.45) is 5.92 Å². The molecular formula is C14H18N2O. The second-order valence-electron chi connectivity index (χ2n) is 5.09. The minimum Gasteiger partial charge on any atom is -0.325 e. The molecule has 1 saturated heterocycles. The van der Waals surface area contributed by atoms with Crippen LogP contribution in [0.25, 0.3) is 0 Å². The van der Waals surface area contributed by atoms with Gasteiger partial charge in [-0.05, 0) is 56.0 Å². The van der Waals surface area contributed by atoms with Crippen LogP contribution in [0.4, 0.5) is 5.69 Å². The zero-order valence-corrected chi connectivity index (χ0v) is 10.1. The van der Waals surface area contributed by atoms with Crippen LogP contribution in [0, 0.1) is 12.8 Å². The summed E-state index contributed by atoms with van der Waals surface area (Å²) in [5, 5.41) is 6.39. The van der Waals surface area contributed by atoms with Crippen molar-refractivity contribution in [3.05, 3.63) is 29.3 Å². The molecule has 1 atom stereocenters. The van der Waals surface area contributed by atoms with Crippen LogP contribution in [0.15, 0.2) is 18.2 Å². The van der Waals surface area contributed by atoms with E-state index in [9.17, 15) is 4.79 Å². The van der Waals surface area contributed by atoms with Crippen LogP contribution >= 0.6 is 0 Å². The zero-order chi connectivity index (χ0) is 11.8. The summed E-state index contributed by atoms with van der Waals surface area (Å²) in [6, 6.07) is 6.13. The first-order valence-corrected chi connectivity index (χ1v) is 6.38. The third-order valence-corrected chi connectivity index (χ3v) is 4.03. The molecule has 0 spiro atoms. The number of hydrogen-bond acceptors (Lipinski definition) is 2. The van der Waals surface area contributed by atoms with Crippen molar-refractivity contribution >= 4 is 11.6 Å². The van der Waals surface area contributed by atoms with Crippen LogP contribution in [-0.4, -0.2) is 19.0 Å². The molecule has 1 fully saturated rings. The molecule has 1 amide bonds. The van der Waals surface area contributed by atoms with Gasteiger partial charge in [0, 0.05) is 5.69 Å². The first-order chi connectivity index (χ1) is 8.27. The van der Waals surface area contributed by atoms with E-state index < -0.39 is 0 Å². The van der Waals surface area contributed by atoms with Gasteiger partial charge in [-0.15, -0.1) is 0 Å². The van der Waals surface area contributed by atoms with Crippen molar-refractivity contribution in [2.45, 2.75) is 25.7 Å². The van der Waals surface area contributed by atoms with Crippen LogP contribution in [0.1, 0.15) is 29.9 Å². The van der Waals surface area contributed by atoms with Gasteiger partial charge in [0.15, 0.2) is 0 Å². The van der Waals surface area contributed by atoms with Crippen molar-refractivity contribution in [2.75, 3.05) is 18.4 Å². The van der Waals surface area contributed by atoms with Crippen molar-refractivity contribution in [1.82, 2.24) is 5.32 Å². The van der Waals surface area contributed by atoms with Gasteiger partial charge in [0.1, 0.15) is 0 Å². The summed E-state index contributed by atoms with van der Waals surface area (Å²) in [6.45, 7) is 4.18. The van der Waals surface area contributed by atoms with Crippen LogP contribution in [0.5, 0.6) is 0 Å². The summed E-state index contributed by atoms with van der Waals surface area (Å²) < 4.78 is 0. The fraction of sp³-hybridized carbons (Fsp3) is 0.500. The summed E-state index contributed by atoms with van der Waals surface area (Å²) in [5.41, 5.74) is 3.51. The number of rotatable bonds is 1. The van der Waals surface area contributed by atoms with Gasteiger partial charge in [0.25, 0.3) is 0 Å². The highest BCUT2D eigenvalue weighted by Crippen LogP contribution is 2.42. The Hall–Kier alpha value is -1.35. The van der Waals surface area contributed by atoms with E-state index in [1.165, 1.54) is 11.1 Å². The molecule has 0 aliphatic carbocycles. The maximum absolute atomic E-state index is 12.2. The molecule has 90 valence electrons. The SMILES string of the molecule is Cc1cccc2c1C(C1CCNCC1)C(=O)N2. The van der Waals surface area contributed by atoms with Crippen molar-refractivity contribution in [3.8, 4) is 0 Å². The molecule has 2 N–H and O–H groups in total. The van der Waals surface area contributed by atoms with Gasteiger partial charge in [0.2, 0.25) is 5.91 Å². The second kappa shape index (κ2) is 4.15. The van der Waals surface area contributed by atoms with Gasteiger partial charge in [-0.2, -0.15) is 0 Å². The van der Waals surface area contributed by atoms with Crippen LogP contribution in [0.2, 0.25) is 0 Å². The quantitative estimate of drug-likeness (QED) is 0.775. The highest BCUT2D eigenvalue weighted by atomic mass is 16.2. The Morgan fingerprint density at radius 1 is 1.24 bits per heavy atom. The van der Waals surface area contributed by atoms with Crippen LogP contribution < -0.4 is 10.6 Å². The molecule has 3 rings (SSSR count). The molecular weight excluding hydrogens is 212 g/mol. The van der Waals surface area contributed by atoms with E-state index >= 15 is 0 Å². The largest absolute Gasteiger partial charge is 0.325 e. The van der Waals surface area contributed by atoms with Gasteiger partial charge in [0.05, 0.1) is 5.92 Å². The summed E-state index contributed by atoms with van der Waals surface area (Å²) in [6.07, 6.45) is 2.21. The van der Waals surface area contributed by atoms with E-state index in [0.29, 0.717) is 5.92 Å². The predicted octanol–water partition coefficient (Wildman–Crippen LogP) is 2.03. The number of amides is 1. The monoisotopic (exact) mass is 230 g/mol. The Kier molecular flexibility index (Phi) is 2.63. The second-order valence-corrected chi connectivity index (χ2v) is 5.09. The number of piperidine rings is 1. The zero-order valence-electron chi connectivity index (χ0n) is 10.1. The predicted molar refractivity (Wildman–Crippen MR) is 68.1 cm³/mol. The lowest BCUT2D eigenvalue weighted by Crippen LogP contribution is -2.33. The van der Waals surface area contributed by atoms with Crippen LogP contribution in [0.3, 0.4) is 0 Å². The highest BCUT2D eigenvalue weighted by molar-refractivity contribution is 6.03. The molecule has 0 bridgehead atoms. The highest BCUT2D eigenvalue weighted by Gasteiger charge is 2.37. The topological polar surface area (TPSA) is 41.1 Å². The van der Waals surface area contributed by atoms with E-state index in [-0.39, 0.29) is 11.8 Å². The lowest BCUT2D eigenvalue weighted by Gasteiger charge is -2.27. The third kappa shape index (κ3) is 1.75. The Labute approximate surface area is 102 Å². The Balaban J connectivity index is 1.98. The summed E-state index contributed by atoms with van der Waals surface area (Å²) in [5.74, 6) is 0.771. The smallest absolute Gasteiger partial charge is 0.232 e. The van der Waals surface area contributed by atoms with Crippen LogP contribution in [-0.2, 0) is 4.79 Å². The molecule has 3 heteroatoms. The molecule has 1 unspecified atom stereocenters. The van der Waals surface area contributed by atoms with Gasteiger partial charge < -0.3 is 10.6 Å². The fourth-order valence-corrected chi connectivity index (χ4v) is 3.17. The molecule has 17 heavy (non-hydrogen) atoms. The maximum atomic E-state index is 12.2. The summed E-state index contributed by atoms with van der Waals surface area (Å²) in [7, 11) is 0.